The van der Waals surface area contributed by atoms with Gasteiger partial charge in [0.1, 0.15) is 22.5 Å². The number of benzene rings is 4. The highest BCUT2D eigenvalue weighted by molar-refractivity contribution is 8.00. The molecule has 0 spiro atoms. The van der Waals surface area contributed by atoms with E-state index in [9.17, 15) is 18.8 Å². The van der Waals surface area contributed by atoms with Gasteiger partial charge in [0, 0.05) is 27.8 Å². The lowest BCUT2D eigenvalue weighted by molar-refractivity contribution is -0.116. The van der Waals surface area contributed by atoms with Gasteiger partial charge in [-0.2, -0.15) is 0 Å². The van der Waals surface area contributed by atoms with Gasteiger partial charge < -0.3 is 20.5 Å². The molecule has 3 amide bonds. The molecule has 10 heteroatoms. The van der Waals surface area contributed by atoms with Gasteiger partial charge in [-0.05, 0) is 55.0 Å². The molecule has 5 aromatic rings. The summed E-state index contributed by atoms with van der Waals surface area (Å²) in [5.74, 6) is -1.15. The number of carbonyl (C=O) groups excluding carboxylic acids is 3. The first-order valence-corrected chi connectivity index (χ1v) is 14.4. The van der Waals surface area contributed by atoms with Crippen molar-refractivity contribution in [2.75, 3.05) is 10.6 Å². The Labute approximate surface area is 257 Å². The van der Waals surface area contributed by atoms with Crippen molar-refractivity contribution in [3.8, 4) is 0 Å². The number of hydrogen-bond donors (Lipinski definition) is 3. The third-order valence-electron chi connectivity index (χ3n) is 6.30. The van der Waals surface area contributed by atoms with Crippen LogP contribution >= 0.6 is 11.8 Å². The molecule has 3 N–H and O–H groups in total. The zero-order chi connectivity index (χ0) is 30.9. The Morgan fingerprint density at radius 2 is 1.55 bits per heavy atom. The number of amides is 3. The van der Waals surface area contributed by atoms with E-state index in [1.807, 2.05) is 36.4 Å². The van der Waals surface area contributed by atoms with Crippen LogP contribution in [-0.4, -0.2) is 22.9 Å². The van der Waals surface area contributed by atoms with E-state index in [0.717, 1.165) is 5.56 Å². The number of nitrogens with zero attached hydrogens (tertiary/aromatic N) is 1. The Balaban J connectivity index is 1.38. The van der Waals surface area contributed by atoms with Gasteiger partial charge in [-0.15, -0.1) is 11.8 Å². The molecule has 0 fully saturated rings. The molecule has 1 heterocycles. The van der Waals surface area contributed by atoms with Gasteiger partial charge in [0.2, 0.25) is 5.91 Å². The summed E-state index contributed by atoms with van der Waals surface area (Å²) in [5, 5.41) is 11.4. The number of rotatable bonds is 10. The summed E-state index contributed by atoms with van der Waals surface area (Å²) in [7, 11) is 0. The minimum Gasteiger partial charge on any atom is -0.360 e. The number of hydrogen-bond acceptors (Lipinski definition) is 6. The number of carbonyl (C=O) groups is 3. The van der Waals surface area contributed by atoms with Crippen LogP contribution in [0, 0.1) is 12.7 Å². The van der Waals surface area contributed by atoms with Crippen LogP contribution in [0.3, 0.4) is 0 Å². The van der Waals surface area contributed by atoms with Crippen LogP contribution in [0.1, 0.15) is 32.5 Å². The monoisotopic (exact) mass is 606 g/mol. The van der Waals surface area contributed by atoms with Gasteiger partial charge in [-0.3, -0.25) is 14.4 Å². The summed E-state index contributed by atoms with van der Waals surface area (Å²) in [6.45, 7) is 1.73. The van der Waals surface area contributed by atoms with Gasteiger partial charge in [0.05, 0.1) is 0 Å². The maximum absolute atomic E-state index is 14.5. The normalized spacial score (nSPS) is 11.8. The zero-order valence-electron chi connectivity index (χ0n) is 23.5. The number of nitrogens with one attached hydrogen (secondary N) is 3. The van der Waals surface area contributed by atoms with E-state index in [4.69, 9.17) is 4.52 Å². The van der Waals surface area contributed by atoms with Crippen LogP contribution in [0.25, 0.3) is 6.08 Å². The number of thioether (sulfide) groups is 1. The highest BCUT2D eigenvalue weighted by Gasteiger charge is 2.24. The molecule has 0 saturated heterocycles. The smallest absolute Gasteiger partial charge is 0.272 e. The van der Waals surface area contributed by atoms with Crippen LogP contribution in [0.5, 0.6) is 0 Å². The predicted molar refractivity (Wildman–Crippen MR) is 168 cm³/mol. The Bertz CT molecular complexity index is 1810. The maximum atomic E-state index is 14.5. The summed E-state index contributed by atoms with van der Waals surface area (Å²) in [5.41, 5.74) is 1.50. The lowest BCUT2D eigenvalue weighted by Gasteiger charge is -2.17. The summed E-state index contributed by atoms with van der Waals surface area (Å²) in [6.07, 6.45) is 1.28. The fourth-order valence-electron chi connectivity index (χ4n) is 4.19. The lowest BCUT2D eigenvalue weighted by Crippen LogP contribution is -2.30. The molecular formula is C34H27FN4O4S. The first-order valence-electron chi connectivity index (χ1n) is 13.6. The van der Waals surface area contributed by atoms with Crippen molar-refractivity contribution in [2.45, 2.75) is 17.1 Å². The molecule has 220 valence electrons. The summed E-state index contributed by atoms with van der Waals surface area (Å²) in [6, 6.07) is 32.2. The molecule has 0 bridgehead atoms. The van der Waals surface area contributed by atoms with Gasteiger partial charge in [-0.25, -0.2) is 4.39 Å². The van der Waals surface area contributed by atoms with Crippen molar-refractivity contribution >= 4 is 47.1 Å². The number of halogens is 1. The maximum Gasteiger partial charge on any atom is 0.272 e. The topological polar surface area (TPSA) is 113 Å². The first-order chi connectivity index (χ1) is 21.4. The Morgan fingerprint density at radius 1 is 0.841 bits per heavy atom. The predicted octanol–water partition coefficient (Wildman–Crippen LogP) is 7.00. The van der Waals surface area contributed by atoms with E-state index < -0.39 is 22.9 Å². The van der Waals surface area contributed by atoms with Crippen LogP contribution in [0.4, 0.5) is 15.9 Å². The summed E-state index contributed by atoms with van der Waals surface area (Å²) < 4.78 is 19.6. The van der Waals surface area contributed by atoms with E-state index >= 15 is 0 Å². The average Bonchev–Trinajstić information content (AvgIpc) is 3.45. The van der Waals surface area contributed by atoms with Crippen molar-refractivity contribution in [3.05, 3.63) is 149 Å². The van der Waals surface area contributed by atoms with Gasteiger partial charge in [0.15, 0.2) is 5.82 Å². The number of aryl methyl sites for hydroxylation is 1. The Morgan fingerprint density at radius 3 is 2.25 bits per heavy atom. The second kappa shape index (κ2) is 14.1. The van der Waals surface area contributed by atoms with Crippen LogP contribution in [-0.2, 0) is 9.59 Å². The molecule has 0 saturated carbocycles. The quantitative estimate of drug-likeness (QED) is 0.117. The Hall–Kier alpha value is -5.48. The van der Waals surface area contributed by atoms with Crippen molar-refractivity contribution in [1.82, 2.24) is 10.5 Å². The van der Waals surface area contributed by atoms with Crippen molar-refractivity contribution in [1.29, 1.82) is 0 Å². The first kappa shape index (κ1) is 30.0. The van der Waals surface area contributed by atoms with Crippen molar-refractivity contribution < 1.29 is 23.3 Å². The minimum absolute atomic E-state index is 0.134. The summed E-state index contributed by atoms with van der Waals surface area (Å²) in [4.78, 5) is 40.4. The largest absolute Gasteiger partial charge is 0.360 e. The van der Waals surface area contributed by atoms with Crippen LogP contribution < -0.4 is 16.0 Å². The molecule has 0 aliphatic carbocycles. The highest BCUT2D eigenvalue weighted by Crippen LogP contribution is 2.37. The van der Waals surface area contributed by atoms with Crippen molar-refractivity contribution in [3.63, 3.8) is 0 Å². The fraction of sp³-hybridized carbons (Fsp3) is 0.0588. The molecule has 44 heavy (non-hydrogen) atoms. The molecule has 8 nitrogen and oxygen atoms in total. The summed E-state index contributed by atoms with van der Waals surface area (Å²) >= 11 is 1.28. The molecule has 1 aromatic heterocycles. The van der Waals surface area contributed by atoms with Crippen LogP contribution in [0.2, 0.25) is 0 Å². The lowest BCUT2D eigenvalue weighted by atomic mass is 10.1. The molecule has 0 aliphatic rings. The third-order valence-corrected chi connectivity index (χ3v) is 7.55. The van der Waals surface area contributed by atoms with Gasteiger partial charge in [-0.1, -0.05) is 78.0 Å². The van der Waals surface area contributed by atoms with Gasteiger partial charge >= 0.3 is 0 Å². The molecule has 5 rings (SSSR count). The molecule has 1 unspecified atom stereocenters. The van der Waals surface area contributed by atoms with Crippen LogP contribution in [0.15, 0.2) is 130 Å². The molecule has 4 aromatic carbocycles. The Kier molecular flexibility index (Phi) is 9.63. The standard InChI is InChI=1S/C34H27FN4O4S/c1-22-19-30(39-43-22)38-34(42)31(23-11-4-2-5-12-23)44-27-17-10-16-26(21-27)36-33(41)29(20-25-15-8-9-18-28(25)35)37-32(40)24-13-6-3-7-14-24/h2-21,31H,1H3,(H,36,41)(H,37,40)(H,38,39,42)/b29-20-. The number of anilines is 2. The highest BCUT2D eigenvalue weighted by atomic mass is 32.2. The van der Waals surface area contributed by atoms with E-state index in [0.29, 0.717) is 27.7 Å². The molecule has 0 aliphatic heterocycles. The van der Waals surface area contributed by atoms with E-state index in [-0.39, 0.29) is 17.2 Å². The van der Waals surface area contributed by atoms with E-state index in [1.165, 1.54) is 36.0 Å². The average molecular weight is 607 g/mol. The third kappa shape index (κ3) is 7.87. The van der Waals surface area contributed by atoms with Crippen molar-refractivity contribution in [2.24, 2.45) is 0 Å². The van der Waals surface area contributed by atoms with E-state index in [1.54, 1.807) is 67.6 Å². The molecule has 0 radical (unpaired) electrons. The van der Waals surface area contributed by atoms with Gasteiger partial charge in [0.25, 0.3) is 11.8 Å². The fourth-order valence-corrected chi connectivity index (χ4v) is 5.27. The number of aromatic nitrogens is 1. The minimum atomic E-state index is -0.654. The molecular weight excluding hydrogens is 579 g/mol. The zero-order valence-corrected chi connectivity index (χ0v) is 24.3. The van der Waals surface area contributed by atoms with E-state index in [2.05, 4.69) is 21.1 Å². The SMILES string of the molecule is Cc1cc(NC(=O)C(Sc2cccc(NC(=O)/C(=C/c3ccccc3F)NC(=O)c3ccccc3)c2)c2ccccc2)no1. The second-order valence-electron chi connectivity index (χ2n) is 9.60. The second-order valence-corrected chi connectivity index (χ2v) is 10.8. The molecule has 1 atom stereocenters.